The first-order valence-corrected chi connectivity index (χ1v) is 8.92. The molecule has 0 atom stereocenters. The number of aromatic nitrogens is 1. The van der Waals surface area contributed by atoms with E-state index in [1.807, 2.05) is 5.38 Å². The molecule has 0 saturated heterocycles. The summed E-state index contributed by atoms with van der Waals surface area (Å²) in [6.45, 7) is 0.223. The van der Waals surface area contributed by atoms with Gasteiger partial charge in [0.25, 0.3) is 0 Å². The molecule has 20 heavy (non-hydrogen) atoms. The number of hydrogen-bond acceptors (Lipinski definition) is 4. The van der Waals surface area contributed by atoms with Crippen molar-refractivity contribution in [1.82, 2.24) is 9.29 Å². The van der Waals surface area contributed by atoms with E-state index in [9.17, 15) is 8.42 Å². The van der Waals surface area contributed by atoms with Gasteiger partial charge in [0, 0.05) is 23.3 Å². The highest BCUT2D eigenvalue weighted by atomic mass is 35.5. The van der Waals surface area contributed by atoms with Gasteiger partial charge in [0.1, 0.15) is 0 Å². The molecule has 0 amide bonds. The van der Waals surface area contributed by atoms with E-state index in [4.69, 9.17) is 23.2 Å². The minimum atomic E-state index is -3.59. The lowest BCUT2D eigenvalue weighted by molar-refractivity contribution is 0.463. The van der Waals surface area contributed by atoms with Gasteiger partial charge in [0.2, 0.25) is 10.0 Å². The Kier molecular flexibility index (Phi) is 5.04. The Bertz CT molecular complexity index is 687. The number of sulfonamides is 1. The standard InChI is InChI=1S/C12H12Cl2N2O2S2/c1-16(6-10-7-19-8-15-10)20(17,18)11-3-2-9(5-13)12(14)4-11/h2-4,7-8H,5-6H2,1H3. The van der Waals surface area contributed by atoms with Crippen molar-refractivity contribution in [3.8, 4) is 0 Å². The molecular formula is C12H12Cl2N2O2S2. The van der Waals surface area contributed by atoms with Crippen LogP contribution in [0.25, 0.3) is 0 Å². The largest absolute Gasteiger partial charge is 0.248 e. The number of thiazole rings is 1. The summed E-state index contributed by atoms with van der Waals surface area (Å²) in [7, 11) is -2.08. The van der Waals surface area contributed by atoms with Crippen molar-refractivity contribution in [2.24, 2.45) is 0 Å². The topological polar surface area (TPSA) is 50.3 Å². The highest BCUT2D eigenvalue weighted by molar-refractivity contribution is 7.89. The number of nitrogens with zero attached hydrogens (tertiary/aromatic N) is 2. The first-order chi connectivity index (χ1) is 9.45. The second kappa shape index (κ2) is 6.41. The van der Waals surface area contributed by atoms with Crippen LogP contribution in [0.4, 0.5) is 0 Å². The summed E-state index contributed by atoms with van der Waals surface area (Å²) in [5.74, 6) is 0.244. The molecule has 0 radical (unpaired) electrons. The lowest BCUT2D eigenvalue weighted by Gasteiger charge is -2.16. The molecule has 1 heterocycles. The van der Waals surface area contributed by atoms with Crippen molar-refractivity contribution in [2.75, 3.05) is 7.05 Å². The lowest BCUT2D eigenvalue weighted by Crippen LogP contribution is -2.26. The zero-order valence-electron chi connectivity index (χ0n) is 10.6. The van der Waals surface area contributed by atoms with E-state index in [1.54, 1.807) is 11.6 Å². The molecule has 0 aliphatic heterocycles. The second-order valence-corrected chi connectivity index (χ2v) is 7.57. The molecule has 1 aromatic heterocycles. The first kappa shape index (κ1) is 15.7. The van der Waals surface area contributed by atoms with Gasteiger partial charge in [-0.3, -0.25) is 0 Å². The van der Waals surface area contributed by atoms with Crippen molar-refractivity contribution in [3.63, 3.8) is 0 Å². The fraction of sp³-hybridized carbons (Fsp3) is 0.250. The molecule has 0 N–H and O–H groups in total. The Balaban J connectivity index is 2.27. The minimum Gasteiger partial charge on any atom is -0.248 e. The summed E-state index contributed by atoms with van der Waals surface area (Å²) in [6.07, 6.45) is 0. The molecule has 2 rings (SSSR count). The van der Waals surface area contributed by atoms with Gasteiger partial charge in [-0.2, -0.15) is 4.31 Å². The van der Waals surface area contributed by atoms with Crippen LogP contribution < -0.4 is 0 Å². The summed E-state index contributed by atoms with van der Waals surface area (Å²) >= 11 is 13.1. The highest BCUT2D eigenvalue weighted by Gasteiger charge is 2.22. The third kappa shape index (κ3) is 3.32. The molecule has 0 unspecified atom stereocenters. The zero-order chi connectivity index (χ0) is 14.8. The van der Waals surface area contributed by atoms with Crippen molar-refractivity contribution in [1.29, 1.82) is 0 Å². The second-order valence-electron chi connectivity index (χ2n) is 4.13. The maximum absolute atomic E-state index is 12.4. The van der Waals surface area contributed by atoms with Crippen LogP contribution in [0.2, 0.25) is 5.02 Å². The van der Waals surface area contributed by atoms with Crippen LogP contribution in [0.5, 0.6) is 0 Å². The Morgan fingerprint density at radius 3 is 2.70 bits per heavy atom. The molecule has 108 valence electrons. The summed E-state index contributed by atoms with van der Waals surface area (Å²) < 4.78 is 26.1. The summed E-state index contributed by atoms with van der Waals surface area (Å²) in [5.41, 5.74) is 3.08. The third-order valence-corrected chi connectivity index (χ3v) is 5.82. The van der Waals surface area contributed by atoms with Gasteiger partial charge < -0.3 is 0 Å². The van der Waals surface area contributed by atoms with Gasteiger partial charge in [-0.15, -0.1) is 22.9 Å². The number of halogens is 2. The van der Waals surface area contributed by atoms with E-state index in [0.29, 0.717) is 16.3 Å². The van der Waals surface area contributed by atoms with E-state index in [2.05, 4.69) is 4.98 Å². The fourth-order valence-corrected chi connectivity index (χ4v) is 3.94. The van der Waals surface area contributed by atoms with Crippen LogP contribution in [0.1, 0.15) is 11.3 Å². The van der Waals surface area contributed by atoms with Gasteiger partial charge in [-0.1, -0.05) is 17.7 Å². The van der Waals surface area contributed by atoms with E-state index in [1.165, 1.54) is 34.8 Å². The van der Waals surface area contributed by atoms with Crippen molar-refractivity contribution in [3.05, 3.63) is 45.4 Å². The molecular weight excluding hydrogens is 339 g/mol. The van der Waals surface area contributed by atoms with Crippen molar-refractivity contribution >= 4 is 44.6 Å². The molecule has 0 aliphatic carbocycles. The normalized spacial score (nSPS) is 12.0. The predicted octanol–water partition coefficient (Wildman–Crippen LogP) is 3.36. The average Bonchev–Trinajstić information content (AvgIpc) is 2.91. The van der Waals surface area contributed by atoms with Gasteiger partial charge in [0.05, 0.1) is 22.6 Å². The average molecular weight is 351 g/mol. The quantitative estimate of drug-likeness (QED) is 0.776. The van der Waals surface area contributed by atoms with E-state index >= 15 is 0 Å². The van der Waals surface area contributed by atoms with Crippen LogP contribution in [0.3, 0.4) is 0 Å². The fourth-order valence-electron chi connectivity index (χ4n) is 1.61. The highest BCUT2D eigenvalue weighted by Crippen LogP contribution is 2.24. The number of benzene rings is 1. The lowest BCUT2D eigenvalue weighted by atomic mass is 10.2. The van der Waals surface area contributed by atoms with Crippen LogP contribution in [0, 0.1) is 0 Å². The van der Waals surface area contributed by atoms with Crippen LogP contribution >= 0.6 is 34.5 Å². The monoisotopic (exact) mass is 350 g/mol. The molecule has 8 heteroatoms. The van der Waals surface area contributed by atoms with Gasteiger partial charge in [-0.05, 0) is 17.7 Å². The smallest absolute Gasteiger partial charge is 0.243 e. The molecule has 1 aromatic carbocycles. The maximum Gasteiger partial charge on any atom is 0.243 e. The molecule has 0 spiro atoms. The van der Waals surface area contributed by atoms with Gasteiger partial charge in [-0.25, -0.2) is 13.4 Å². The van der Waals surface area contributed by atoms with Crippen molar-refractivity contribution < 1.29 is 8.42 Å². The van der Waals surface area contributed by atoms with Crippen LogP contribution in [-0.4, -0.2) is 24.8 Å². The number of rotatable bonds is 5. The molecule has 0 fully saturated rings. The Hall–Kier alpha value is -0.660. The SMILES string of the molecule is CN(Cc1cscn1)S(=O)(=O)c1ccc(CCl)c(Cl)c1. The van der Waals surface area contributed by atoms with Gasteiger partial charge in [0.15, 0.2) is 0 Å². The minimum absolute atomic E-state index is 0.147. The zero-order valence-corrected chi connectivity index (χ0v) is 13.7. The maximum atomic E-state index is 12.4. The third-order valence-electron chi connectivity index (χ3n) is 2.74. The number of alkyl halides is 1. The van der Waals surface area contributed by atoms with Crippen molar-refractivity contribution in [2.45, 2.75) is 17.3 Å². The molecule has 0 bridgehead atoms. The van der Waals surface area contributed by atoms with Crippen LogP contribution in [0.15, 0.2) is 34.0 Å². The number of hydrogen-bond donors (Lipinski definition) is 0. The Morgan fingerprint density at radius 1 is 1.40 bits per heavy atom. The molecule has 4 nitrogen and oxygen atoms in total. The predicted molar refractivity (Wildman–Crippen MR) is 81.8 cm³/mol. The summed E-state index contributed by atoms with van der Waals surface area (Å²) in [4.78, 5) is 4.22. The molecule has 0 aliphatic rings. The van der Waals surface area contributed by atoms with Gasteiger partial charge >= 0.3 is 0 Å². The van der Waals surface area contributed by atoms with E-state index in [0.717, 1.165) is 0 Å². The Morgan fingerprint density at radius 2 is 2.15 bits per heavy atom. The van der Waals surface area contributed by atoms with E-state index < -0.39 is 10.0 Å². The molecule has 2 aromatic rings. The van der Waals surface area contributed by atoms with E-state index in [-0.39, 0.29) is 17.3 Å². The summed E-state index contributed by atoms with van der Waals surface area (Å²) in [6, 6.07) is 4.56. The summed E-state index contributed by atoms with van der Waals surface area (Å²) in [5, 5.41) is 2.17. The Labute approximate surface area is 132 Å². The molecule has 0 saturated carbocycles. The first-order valence-electron chi connectivity index (χ1n) is 5.63. The van der Waals surface area contributed by atoms with Crippen LogP contribution in [-0.2, 0) is 22.4 Å².